The van der Waals surface area contributed by atoms with Crippen LogP contribution in [0.4, 0.5) is 14.6 Å². The second-order valence-electron chi connectivity index (χ2n) is 7.04. The number of ether oxygens (including phenoxy) is 1. The maximum Gasteiger partial charge on any atom is 0.320 e. The number of imidazole rings is 1. The molecule has 0 bridgehead atoms. The molecule has 3 unspecified atom stereocenters. The number of morpholine rings is 1. The number of aromatic amines is 1. The van der Waals surface area contributed by atoms with Gasteiger partial charge in [-0.05, 0) is 12.5 Å². The molecular weight excluding hydrogens is 428 g/mol. The van der Waals surface area contributed by atoms with Crippen molar-refractivity contribution in [3.63, 3.8) is 0 Å². The van der Waals surface area contributed by atoms with Crippen LogP contribution in [0.15, 0.2) is 24.7 Å². The molecular formula is C19H27F2N7O2S+2. The van der Waals surface area contributed by atoms with Gasteiger partial charge in [0.2, 0.25) is 17.1 Å². The molecule has 2 aromatic heterocycles. The van der Waals surface area contributed by atoms with E-state index < -0.39 is 23.5 Å². The lowest BCUT2D eigenvalue weighted by Gasteiger charge is -2.36. The van der Waals surface area contributed by atoms with E-state index in [2.05, 4.69) is 29.6 Å². The first-order valence-corrected chi connectivity index (χ1v) is 11.4. The number of nitrogens with zero attached hydrogens (tertiary/aromatic N) is 4. The second-order valence-corrected chi connectivity index (χ2v) is 8.24. The molecule has 1 aliphatic heterocycles. The first-order valence-electron chi connectivity index (χ1n) is 9.81. The molecule has 1 aliphatic rings. The Bertz CT molecular complexity index is 909. The van der Waals surface area contributed by atoms with Gasteiger partial charge in [0.25, 0.3) is 0 Å². The molecule has 5 N–H and O–H groups in total. The molecule has 1 saturated heterocycles. The lowest BCUT2D eigenvalue weighted by Crippen LogP contribution is -2.53. The molecule has 12 heteroatoms. The molecule has 0 aliphatic carbocycles. The van der Waals surface area contributed by atoms with Crippen LogP contribution in [-0.2, 0) is 16.1 Å². The molecule has 168 valence electrons. The van der Waals surface area contributed by atoms with E-state index in [-0.39, 0.29) is 12.1 Å². The van der Waals surface area contributed by atoms with Crippen LogP contribution in [0.2, 0.25) is 0 Å². The highest BCUT2D eigenvalue weighted by molar-refractivity contribution is 7.88. The molecule has 2 aromatic rings. The van der Waals surface area contributed by atoms with Gasteiger partial charge in [0.15, 0.2) is 6.26 Å². The average Bonchev–Trinajstić information content (AvgIpc) is 3.25. The Morgan fingerprint density at radius 1 is 1.48 bits per heavy atom. The number of alkyl halides is 2. The van der Waals surface area contributed by atoms with Crippen molar-refractivity contribution in [1.29, 1.82) is 0 Å². The zero-order valence-corrected chi connectivity index (χ0v) is 18.1. The third-order valence-corrected chi connectivity index (χ3v) is 5.48. The fourth-order valence-corrected chi connectivity index (χ4v) is 3.99. The van der Waals surface area contributed by atoms with E-state index in [4.69, 9.17) is 10.1 Å². The van der Waals surface area contributed by atoms with E-state index in [1.165, 1.54) is 12.4 Å². The number of halogens is 2. The summed E-state index contributed by atoms with van der Waals surface area (Å²) in [6, 6.07) is 1.87. The quantitative estimate of drug-likeness (QED) is 0.322. The molecule has 3 rings (SSSR count). The summed E-state index contributed by atoms with van der Waals surface area (Å²) in [5.74, 6) is 1.13. The lowest BCUT2D eigenvalue weighted by atomic mass is 10.1. The minimum absolute atomic E-state index is 0.0295. The Labute approximate surface area is 182 Å². The molecule has 0 saturated carbocycles. The van der Waals surface area contributed by atoms with Gasteiger partial charge in [0, 0.05) is 25.2 Å². The number of rotatable bonds is 9. The van der Waals surface area contributed by atoms with Crippen molar-refractivity contribution < 1.29 is 23.5 Å². The van der Waals surface area contributed by atoms with Crippen molar-refractivity contribution in [2.75, 3.05) is 30.9 Å². The zero-order chi connectivity index (χ0) is 22.4. The molecule has 0 amide bonds. The third-order valence-electron chi connectivity index (χ3n) is 4.84. The van der Waals surface area contributed by atoms with Gasteiger partial charge in [-0.3, -0.25) is 5.41 Å². The number of aromatic nitrogens is 4. The smallest absolute Gasteiger partial charge is 0.320 e. The van der Waals surface area contributed by atoms with E-state index in [1.807, 2.05) is 13.0 Å². The topological polar surface area (TPSA) is 125 Å². The monoisotopic (exact) mass is 455 g/mol. The minimum Gasteiger partial charge on any atom is -0.373 e. The molecule has 31 heavy (non-hydrogen) atoms. The van der Waals surface area contributed by atoms with Crippen LogP contribution in [0.25, 0.3) is 17.5 Å². The maximum absolute atomic E-state index is 12.5. The van der Waals surface area contributed by atoms with Crippen LogP contribution < -0.4 is 15.0 Å². The highest BCUT2D eigenvalue weighted by Crippen LogP contribution is 2.22. The Kier molecular flexibility index (Phi) is 8.07. The van der Waals surface area contributed by atoms with E-state index in [1.54, 1.807) is 12.5 Å². The van der Waals surface area contributed by atoms with Gasteiger partial charge in [-0.2, -0.15) is 13.3 Å². The molecule has 9 nitrogen and oxygen atoms in total. The second kappa shape index (κ2) is 10.8. The molecule has 3 atom stereocenters. The molecule has 3 heterocycles. The number of allylic oxidation sites excluding steroid dienone is 1. The lowest BCUT2D eigenvalue weighted by molar-refractivity contribution is -0.124. The van der Waals surface area contributed by atoms with Gasteiger partial charge < -0.3 is 14.6 Å². The largest absolute Gasteiger partial charge is 0.373 e. The summed E-state index contributed by atoms with van der Waals surface area (Å²) in [4.78, 5) is 18.0. The summed E-state index contributed by atoms with van der Waals surface area (Å²) in [7, 11) is 0. The summed E-state index contributed by atoms with van der Waals surface area (Å²) < 4.78 is 43.8. The molecule has 0 radical (unpaired) electrons. The van der Waals surface area contributed by atoms with Crippen molar-refractivity contribution in [2.45, 2.75) is 31.9 Å². The summed E-state index contributed by atoms with van der Waals surface area (Å²) in [5.41, 5.74) is 0.730. The Morgan fingerprint density at radius 2 is 2.29 bits per heavy atom. The number of hydrogen-bond acceptors (Lipinski definition) is 7. The van der Waals surface area contributed by atoms with Gasteiger partial charge >= 0.3 is 6.43 Å². The van der Waals surface area contributed by atoms with Gasteiger partial charge in [-0.15, -0.1) is 4.72 Å². The average molecular weight is 456 g/mol. The molecule has 0 aromatic carbocycles. The summed E-state index contributed by atoms with van der Waals surface area (Å²) in [5, 5.41) is 5.24. The summed E-state index contributed by atoms with van der Waals surface area (Å²) in [6.07, 6.45) is 5.31. The number of H-pyrrole nitrogens is 1. The number of nitrogens with one attached hydrogen (secondary N) is 2. The SMILES string of the molecule is CCC(N[S+](C)O)C1CN(c2cc(-c3cnc(/C=C\C(=[NH2+])C(F)F)[nH]3)ncn2)CCO1. The molecule has 1 fully saturated rings. The Balaban J connectivity index is 1.72. The summed E-state index contributed by atoms with van der Waals surface area (Å²) >= 11 is -0.879. The minimum atomic E-state index is -2.71. The fraction of sp³-hybridized carbons (Fsp3) is 0.474. The van der Waals surface area contributed by atoms with Gasteiger partial charge in [-0.1, -0.05) is 6.92 Å². The molecule has 0 spiro atoms. The first-order chi connectivity index (χ1) is 14.9. The van der Waals surface area contributed by atoms with Crippen molar-refractivity contribution in [3.05, 3.63) is 30.5 Å². The highest BCUT2D eigenvalue weighted by atomic mass is 32.2. The van der Waals surface area contributed by atoms with Gasteiger partial charge in [0.1, 0.15) is 18.0 Å². The van der Waals surface area contributed by atoms with E-state index in [9.17, 15) is 13.3 Å². The van der Waals surface area contributed by atoms with Crippen molar-refractivity contribution in [2.24, 2.45) is 0 Å². The van der Waals surface area contributed by atoms with Crippen LogP contribution in [0.1, 0.15) is 19.2 Å². The highest BCUT2D eigenvalue weighted by Gasteiger charge is 2.31. The van der Waals surface area contributed by atoms with Gasteiger partial charge in [0.05, 0.1) is 36.3 Å². The van der Waals surface area contributed by atoms with E-state index in [0.29, 0.717) is 36.9 Å². The predicted octanol–water partition coefficient (Wildman–Crippen LogP) is 0.555. The Morgan fingerprint density at radius 3 is 3.00 bits per heavy atom. The van der Waals surface area contributed by atoms with Crippen LogP contribution in [0.3, 0.4) is 0 Å². The van der Waals surface area contributed by atoms with Crippen LogP contribution >= 0.6 is 0 Å². The number of anilines is 1. The fourth-order valence-electron chi connectivity index (χ4n) is 3.23. The van der Waals surface area contributed by atoms with Crippen LogP contribution in [-0.4, -0.2) is 74.7 Å². The standard InChI is InChI=1S/C19H26F2N7O2S/c1-3-13(27-31(2)29)16-10-28(6-7-30-16)18-8-14(24-11-25-18)15-9-23-17(26-15)5-4-12(22)19(20)21/h4-5,8-9,11,13,16,19,22,27,29H,3,6-7,10H2,1-2H3,(H,23,26)/q+1/p+1/b5-4-,22-12?. The van der Waals surface area contributed by atoms with Crippen molar-refractivity contribution >= 4 is 29.0 Å². The van der Waals surface area contributed by atoms with Crippen molar-refractivity contribution in [3.8, 4) is 11.4 Å². The van der Waals surface area contributed by atoms with E-state index >= 15 is 0 Å². The normalized spacial score (nSPS) is 19.2. The first kappa shape index (κ1) is 23.3. The van der Waals surface area contributed by atoms with E-state index in [0.717, 1.165) is 18.3 Å². The van der Waals surface area contributed by atoms with Crippen molar-refractivity contribution in [1.82, 2.24) is 24.7 Å². The predicted molar refractivity (Wildman–Crippen MR) is 117 cm³/mol. The van der Waals surface area contributed by atoms with Crippen LogP contribution in [0.5, 0.6) is 0 Å². The van der Waals surface area contributed by atoms with Crippen LogP contribution in [0, 0.1) is 0 Å². The third kappa shape index (κ3) is 6.29. The number of nitrogens with two attached hydrogens (primary N) is 1. The Hall–Kier alpha value is -2.41. The maximum atomic E-state index is 12.5. The zero-order valence-electron chi connectivity index (χ0n) is 17.3. The number of hydrogen-bond donors (Lipinski definition) is 4. The summed E-state index contributed by atoms with van der Waals surface area (Å²) in [6.45, 7) is 3.90. The van der Waals surface area contributed by atoms with Gasteiger partial charge in [-0.25, -0.2) is 15.0 Å².